The van der Waals surface area contributed by atoms with Gasteiger partial charge in [0.2, 0.25) is 5.75 Å². The number of halogens is 1. The summed E-state index contributed by atoms with van der Waals surface area (Å²) in [6.45, 7) is 5.37. The fraction of sp³-hybridized carbons (Fsp3) is 0.476. The molecule has 0 saturated heterocycles. The predicted molar refractivity (Wildman–Crippen MR) is 110 cm³/mol. The third-order valence-electron chi connectivity index (χ3n) is 4.47. The van der Waals surface area contributed by atoms with Gasteiger partial charge in [0.1, 0.15) is 11.6 Å². The number of rotatable bonds is 9. The number of aliphatic hydroxyl groups excluding tert-OH is 1. The van der Waals surface area contributed by atoms with Crippen molar-refractivity contribution in [1.29, 1.82) is 0 Å². The number of aliphatic hydroxyl groups is 1. The van der Waals surface area contributed by atoms with Crippen LogP contribution in [0.4, 0.5) is 4.39 Å². The number of hydrogen-bond acceptors (Lipinski definition) is 6. The maximum Gasteiger partial charge on any atom is 0.296 e. The molecule has 1 unspecified atom stereocenters. The van der Waals surface area contributed by atoms with Gasteiger partial charge >= 0.3 is 0 Å². The average molecular weight is 420 g/mol. The molecule has 1 atom stereocenters. The van der Waals surface area contributed by atoms with Crippen LogP contribution in [0.15, 0.2) is 29.1 Å². The maximum absolute atomic E-state index is 13.1. The molecule has 1 aromatic carbocycles. The zero-order valence-electron chi connectivity index (χ0n) is 17.7. The Morgan fingerprint density at radius 1 is 1.37 bits per heavy atom. The molecule has 0 saturated carbocycles. The molecular formula is C21H29FN4O4. The summed E-state index contributed by atoms with van der Waals surface area (Å²) in [4.78, 5) is 30.0. The van der Waals surface area contributed by atoms with Crippen molar-refractivity contribution in [2.75, 3.05) is 0 Å². The van der Waals surface area contributed by atoms with E-state index < -0.39 is 23.3 Å². The van der Waals surface area contributed by atoms with Crippen molar-refractivity contribution in [2.45, 2.75) is 58.4 Å². The lowest BCUT2D eigenvalue weighted by molar-refractivity contribution is -0.0264. The second kappa shape index (κ2) is 9.82. The molecule has 0 aliphatic rings. The minimum Gasteiger partial charge on any atom is -0.457 e. The normalized spacial score (nSPS) is 12.5. The summed E-state index contributed by atoms with van der Waals surface area (Å²) in [6.07, 6.45) is 0.581. The lowest BCUT2D eigenvalue weighted by atomic mass is 10.1. The first-order valence-electron chi connectivity index (χ1n) is 9.82. The van der Waals surface area contributed by atoms with E-state index in [-0.39, 0.29) is 29.6 Å². The SMILES string of the molecule is CCCCC(O)Oc1c(C(=O)NCc2ccc(F)cc2)nc(C(C)(C)N)n(C)c1=O. The Hall–Kier alpha value is -2.78. The Labute approximate surface area is 174 Å². The van der Waals surface area contributed by atoms with Crippen molar-refractivity contribution in [3.63, 3.8) is 0 Å². The van der Waals surface area contributed by atoms with Gasteiger partial charge in [-0.05, 0) is 38.0 Å². The Kier molecular flexibility index (Phi) is 7.69. The summed E-state index contributed by atoms with van der Waals surface area (Å²) in [5, 5.41) is 12.8. The molecule has 30 heavy (non-hydrogen) atoms. The van der Waals surface area contributed by atoms with Gasteiger partial charge in [0.15, 0.2) is 12.0 Å². The van der Waals surface area contributed by atoms with E-state index in [1.54, 1.807) is 13.8 Å². The van der Waals surface area contributed by atoms with Crippen molar-refractivity contribution < 1.29 is 19.0 Å². The largest absolute Gasteiger partial charge is 0.457 e. The maximum atomic E-state index is 13.1. The van der Waals surface area contributed by atoms with Crippen molar-refractivity contribution in [2.24, 2.45) is 12.8 Å². The quantitative estimate of drug-likeness (QED) is 0.533. The molecule has 1 aromatic heterocycles. The Bertz CT molecular complexity index is 936. The number of nitrogens with zero attached hydrogens (tertiary/aromatic N) is 2. The van der Waals surface area contributed by atoms with Crippen molar-refractivity contribution in [1.82, 2.24) is 14.9 Å². The molecule has 0 spiro atoms. The molecular weight excluding hydrogens is 391 g/mol. The van der Waals surface area contributed by atoms with Crippen molar-refractivity contribution in [3.8, 4) is 5.75 Å². The fourth-order valence-corrected chi connectivity index (χ4v) is 2.86. The van der Waals surface area contributed by atoms with Crippen LogP contribution < -0.4 is 21.3 Å². The summed E-state index contributed by atoms with van der Waals surface area (Å²) < 4.78 is 19.7. The second-order valence-electron chi connectivity index (χ2n) is 7.72. The highest BCUT2D eigenvalue weighted by molar-refractivity contribution is 5.94. The number of hydrogen-bond donors (Lipinski definition) is 3. The minimum atomic E-state index is -1.25. The number of ether oxygens (including phenoxy) is 1. The summed E-state index contributed by atoms with van der Waals surface area (Å²) in [6, 6.07) is 5.64. The number of carbonyl (C=O) groups excluding carboxylic acids is 1. The van der Waals surface area contributed by atoms with Gasteiger partial charge in [-0.3, -0.25) is 14.2 Å². The van der Waals surface area contributed by atoms with Gasteiger partial charge in [0, 0.05) is 20.0 Å². The topological polar surface area (TPSA) is 119 Å². The smallest absolute Gasteiger partial charge is 0.296 e. The second-order valence-corrected chi connectivity index (χ2v) is 7.72. The predicted octanol–water partition coefficient (Wildman–Crippen LogP) is 1.93. The van der Waals surface area contributed by atoms with Crippen LogP contribution in [0.25, 0.3) is 0 Å². The number of unbranched alkanes of at least 4 members (excludes halogenated alkanes) is 1. The van der Waals surface area contributed by atoms with Gasteiger partial charge in [-0.25, -0.2) is 9.37 Å². The number of nitrogens with two attached hydrogens (primary N) is 1. The van der Waals surface area contributed by atoms with E-state index in [1.807, 2.05) is 6.92 Å². The first-order valence-corrected chi connectivity index (χ1v) is 9.82. The standard InChI is InChI=1S/C21H29FN4O4/c1-5-6-7-15(27)30-17-16(25-20(21(2,3)23)26(4)19(17)29)18(28)24-12-13-8-10-14(22)11-9-13/h8-11,15,27H,5-7,12,23H2,1-4H3,(H,24,28). The number of aromatic nitrogens is 2. The van der Waals surface area contributed by atoms with E-state index in [0.29, 0.717) is 18.4 Å². The summed E-state index contributed by atoms with van der Waals surface area (Å²) >= 11 is 0. The lowest BCUT2D eigenvalue weighted by Gasteiger charge is -2.23. The number of amides is 1. The Morgan fingerprint density at radius 3 is 2.57 bits per heavy atom. The molecule has 2 aromatic rings. The van der Waals surface area contributed by atoms with Gasteiger partial charge in [-0.2, -0.15) is 0 Å². The third-order valence-corrected chi connectivity index (χ3v) is 4.47. The molecule has 0 fully saturated rings. The molecule has 4 N–H and O–H groups in total. The van der Waals surface area contributed by atoms with Gasteiger partial charge in [0.05, 0.1) is 5.54 Å². The molecule has 0 bridgehead atoms. The van der Waals surface area contributed by atoms with Crippen LogP contribution in [0.1, 0.15) is 61.9 Å². The van der Waals surface area contributed by atoms with E-state index >= 15 is 0 Å². The molecule has 0 aliphatic carbocycles. The van der Waals surface area contributed by atoms with E-state index in [0.717, 1.165) is 6.42 Å². The summed E-state index contributed by atoms with van der Waals surface area (Å²) in [5.74, 6) is -1.20. The molecule has 1 amide bonds. The highest BCUT2D eigenvalue weighted by Gasteiger charge is 2.28. The van der Waals surface area contributed by atoms with Crippen LogP contribution in [0.3, 0.4) is 0 Å². The molecule has 1 heterocycles. The Balaban J connectivity index is 2.39. The van der Waals surface area contributed by atoms with Crippen molar-refractivity contribution in [3.05, 3.63) is 57.5 Å². The van der Waals surface area contributed by atoms with Gasteiger partial charge in [-0.15, -0.1) is 0 Å². The lowest BCUT2D eigenvalue weighted by Crippen LogP contribution is -2.40. The first-order chi connectivity index (χ1) is 14.0. The monoisotopic (exact) mass is 420 g/mol. The van der Waals surface area contributed by atoms with Gasteiger partial charge < -0.3 is 20.9 Å². The van der Waals surface area contributed by atoms with E-state index in [1.165, 1.54) is 35.9 Å². The van der Waals surface area contributed by atoms with Crippen LogP contribution in [0, 0.1) is 5.82 Å². The van der Waals surface area contributed by atoms with E-state index in [2.05, 4.69) is 10.3 Å². The van der Waals surface area contributed by atoms with E-state index in [9.17, 15) is 19.1 Å². The minimum absolute atomic E-state index is 0.0924. The van der Waals surface area contributed by atoms with Crippen LogP contribution in [-0.4, -0.2) is 26.9 Å². The Morgan fingerprint density at radius 2 is 2.00 bits per heavy atom. The highest BCUT2D eigenvalue weighted by Crippen LogP contribution is 2.20. The molecule has 0 radical (unpaired) electrons. The first kappa shape index (κ1) is 23.5. The van der Waals surface area contributed by atoms with Gasteiger partial charge in [-0.1, -0.05) is 25.5 Å². The number of carbonyl (C=O) groups is 1. The summed E-state index contributed by atoms with van der Waals surface area (Å²) in [7, 11) is 1.48. The molecule has 8 nitrogen and oxygen atoms in total. The summed E-state index contributed by atoms with van der Waals surface area (Å²) in [5.41, 5.74) is 4.89. The fourth-order valence-electron chi connectivity index (χ4n) is 2.86. The van der Waals surface area contributed by atoms with Gasteiger partial charge in [0.25, 0.3) is 11.5 Å². The van der Waals surface area contributed by atoms with E-state index in [4.69, 9.17) is 10.5 Å². The zero-order valence-corrected chi connectivity index (χ0v) is 17.7. The highest BCUT2D eigenvalue weighted by atomic mass is 19.1. The van der Waals surface area contributed by atoms with Crippen LogP contribution in [0.2, 0.25) is 0 Å². The van der Waals surface area contributed by atoms with Crippen LogP contribution >= 0.6 is 0 Å². The van der Waals surface area contributed by atoms with Crippen LogP contribution in [-0.2, 0) is 19.1 Å². The molecule has 9 heteroatoms. The average Bonchev–Trinajstić information content (AvgIpc) is 2.68. The molecule has 2 rings (SSSR count). The molecule has 0 aliphatic heterocycles. The number of benzene rings is 1. The molecule has 164 valence electrons. The number of nitrogens with one attached hydrogen (secondary N) is 1. The van der Waals surface area contributed by atoms with Crippen molar-refractivity contribution >= 4 is 5.91 Å². The zero-order chi connectivity index (χ0) is 22.5. The third kappa shape index (κ3) is 5.87. The van der Waals surface area contributed by atoms with Crippen LogP contribution in [0.5, 0.6) is 5.75 Å².